The maximum atomic E-state index is 12.1. The van der Waals surface area contributed by atoms with E-state index < -0.39 is 0 Å². The summed E-state index contributed by atoms with van der Waals surface area (Å²) >= 11 is 12.2. The fourth-order valence-corrected chi connectivity index (χ4v) is 2.92. The highest BCUT2D eigenvalue weighted by Gasteiger charge is 2.15. The van der Waals surface area contributed by atoms with Gasteiger partial charge in [0.05, 0.1) is 6.04 Å². The number of hydrogen-bond acceptors (Lipinski definition) is 1. The van der Waals surface area contributed by atoms with E-state index in [9.17, 15) is 4.79 Å². The summed E-state index contributed by atoms with van der Waals surface area (Å²) in [5, 5.41) is 6.35. The van der Waals surface area contributed by atoms with E-state index >= 15 is 0 Å². The molecule has 0 aliphatic carbocycles. The lowest BCUT2D eigenvalue weighted by Gasteiger charge is -2.16. The van der Waals surface area contributed by atoms with E-state index in [0.29, 0.717) is 11.6 Å². The number of quaternary nitrogens is 1. The van der Waals surface area contributed by atoms with Gasteiger partial charge in [0.15, 0.2) is 6.54 Å². The zero-order chi connectivity index (χ0) is 16.8. The normalized spacial score (nSPS) is 13.4. The van der Waals surface area contributed by atoms with Crippen molar-refractivity contribution in [1.29, 1.82) is 0 Å². The fraction of sp³-hybridized carbons (Fsp3) is 0.278. The van der Waals surface area contributed by atoms with Crippen molar-refractivity contribution < 1.29 is 10.1 Å². The molecule has 0 spiro atoms. The molecule has 0 unspecified atom stereocenters. The SMILES string of the molecule is C[C@H](NC(=O)C[NH2+][C@H](C)c1ccccc1Cl)c1cccc(Cl)c1. The van der Waals surface area contributed by atoms with E-state index in [1.165, 1.54) is 0 Å². The van der Waals surface area contributed by atoms with Gasteiger partial charge in [0.2, 0.25) is 0 Å². The Morgan fingerprint density at radius 2 is 1.87 bits per heavy atom. The Labute approximate surface area is 147 Å². The van der Waals surface area contributed by atoms with Crippen LogP contribution in [-0.2, 0) is 4.79 Å². The van der Waals surface area contributed by atoms with Gasteiger partial charge in [0.25, 0.3) is 5.91 Å². The second kappa shape index (κ2) is 8.34. The van der Waals surface area contributed by atoms with Crippen molar-refractivity contribution in [3.63, 3.8) is 0 Å². The molecule has 2 aromatic rings. The molecule has 3 nitrogen and oxygen atoms in total. The Hall–Kier alpha value is -1.55. The van der Waals surface area contributed by atoms with Crippen LogP contribution in [0.15, 0.2) is 48.5 Å². The molecule has 2 atom stereocenters. The van der Waals surface area contributed by atoms with E-state index in [1.807, 2.05) is 67.7 Å². The Balaban J connectivity index is 1.86. The lowest BCUT2D eigenvalue weighted by molar-refractivity contribution is -0.682. The van der Waals surface area contributed by atoms with E-state index in [0.717, 1.165) is 16.1 Å². The van der Waals surface area contributed by atoms with Gasteiger partial charge in [-0.2, -0.15) is 0 Å². The minimum absolute atomic E-state index is 0.0172. The molecule has 0 aromatic heterocycles. The van der Waals surface area contributed by atoms with Gasteiger partial charge >= 0.3 is 0 Å². The molecular weight excluding hydrogens is 331 g/mol. The molecule has 0 saturated heterocycles. The second-order valence-corrected chi connectivity index (χ2v) is 6.44. The molecule has 0 radical (unpaired) electrons. The monoisotopic (exact) mass is 351 g/mol. The topological polar surface area (TPSA) is 45.7 Å². The number of carbonyl (C=O) groups is 1. The maximum absolute atomic E-state index is 12.1. The first-order valence-electron chi connectivity index (χ1n) is 7.60. The van der Waals surface area contributed by atoms with E-state index in [4.69, 9.17) is 23.2 Å². The lowest BCUT2D eigenvalue weighted by atomic mass is 10.1. The summed E-state index contributed by atoms with van der Waals surface area (Å²) in [5.41, 5.74) is 2.02. The predicted octanol–water partition coefficient (Wildman–Crippen LogP) is 3.50. The van der Waals surface area contributed by atoms with Gasteiger partial charge in [0, 0.05) is 15.6 Å². The highest BCUT2D eigenvalue weighted by molar-refractivity contribution is 6.31. The van der Waals surface area contributed by atoms with Crippen molar-refractivity contribution in [3.8, 4) is 0 Å². The van der Waals surface area contributed by atoms with Crippen LogP contribution in [0.3, 0.4) is 0 Å². The highest BCUT2D eigenvalue weighted by Crippen LogP contribution is 2.19. The molecule has 23 heavy (non-hydrogen) atoms. The van der Waals surface area contributed by atoms with E-state index in [-0.39, 0.29) is 18.0 Å². The molecule has 0 bridgehead atoms. The summed E-state index contributed by atoms with van der Waals surface area (Å²) in [7, 11) is 0. The summed E-state index contributed by atoms with van der Waals surface area (Å²) in [6, 6.07) is 15.3. The lowest BCUT2D eigenvalue weighted by Crippen LogP contribution is -2.87. The van der Waals surface area contributed by atoms with Crippen LogP contribution in [0.5, 0.6) is 0 Å². The molecule has 2 rings (SSSR count). The molecule has 2 aromatic carbocycles. The average Bonchev–Trinajstić information content (AvgIpc) is 2.53. The van der Waals surface area contributed by atoms with Gasteiger partial charge in [-0.05, 0) is 37.6 Å². The first kappa shape index (κ1) is 17.8. The van der Waals surface area contributed by atoms with Gasteiger partial charge in [-0.15, -0.1) is 0 Å². The van der Waals surface area contributed by atoms with Gasteiger partial charge in [0.1, 0.15) is 6.04 Å². The van der Waals surface area contributed by atoms with E-state index in [2.05, 4.69) is 5.32 Å². The summed E-state index contributed by atoms with van der Waals surface area (Å²) in [4.78, 5) is 12.1. The molecule has 1 amide bonds. The van der Waals surface area contributed by atoms with E-state index in [1.54, 1.807) is 0 Å². The van der Waals surface area contributed by atoms with Crippen LogP contribution in [0.2, 0.25) is 10.0 Å². The number of halogens is 2. The average molecular weight is 352 g/mol. The number of nitrogens with one attached hydrogen (secondary N) is 1. The van der Waals surface area contributed by atoms with Crippen molar-refractivity contribution in [1.82, 2.24) is 5.32 Å². The fourth-order valence-electron chi connectivity index (χ4n) is 2.41. The second-order valence-electron chi connectivity index (χ2n) is 5.59. The van der Waals surface area contributed by atoms with Crippen LogP contribution in [0.1, 0.15) is 37.1 Å². The number of hydrogen-bond donors (Lipinski definition) is 2. The largest absolute Gasteiger partial charge is 0.345 e. The molecule has 0 aliphatic heterocycles. The molecule has 3 N–H and O–H groups in total. The van der Waals surface area contributed by atoms with Gasteiger partial charge in [-0.25, -0.2) is 0 Å². The Kier molecular flexibility index (Phi) is 6.46. The van der Waals surface area contributed by atoms with Gasteiger partial charge in [-0.1, -0.05) is 53.5 Å². The number of carbonyl (C=O) groups excluding carboxylic acids is 1. The maximum Gasteiger partial charge on any atom is 0.275 e. The smallest absolute Gasteiger partial charge is 0.275 e. The molecule has 0 aliphatic rings. The minimum Gasteiger partial charge on any atom is -0.345 e. The Morgan fingerprint density at radius 1 is 1.13 bits per heavy atom. The third kappa shape index (κ3) is 5.24. The van der Waals surface area contributed by atoms with Crippen LogP contribution < -0.4 is 10.6 Å². The number of rotatable bonds is 6. The third-order valence-corrected chi connectivity index (χ3v) is 4.36. The van der Waals surface area contributed by atoms with Crippen LogP contribution in [0, 0.1) is 0 Å². The zero-order valence-corrected chi connectivity index (χ0v) is 14.7. The van der Waals surface area contributed by atoms with Crippen molar-refractivity contribution in [2.24, 2.45) is 0 Å². The van der Waals surface area contributed by atoms with Crippen LogP contribution in [-0.4, -0.2) is 12.5 Å². The molecule has 0 saturated carbocycles. The highest BCUT2D eigenvalue weighted by atomic mass is 35.5. The molecule has 122 valence electrons. The summed E-state index contributed by atoms with van der Waals surface area (Å²) in [5.74, 6) is -0.0172. The standard InChI is InChI=1S/C18H20Cl2N2O/c1-12(14-6-5-7-15(19)10-14)22-18(23)11-21-13(2)16-8-3-4-9-17(16)20/h3-10,12-13,21H,11H2,1-2H3,(H,22,23)/p+1/t12-,13+/m0/s1. The van der Waals surface area contributed by atoms with Crippen LogP contribution in [0.4, 0.5) is 0 Å². The van der Waals surface area contributed by atoms with Crippen molar-refractivity contribution >= 4 is 29.1 Å². The van der Waals surface area contributed by atoms with Crippen molar-refractivity contribution in [2.45, 2.75) is 25.9 Å². The Morgan fingerprint density at radius 3 is 2.57 bits per heavy atom. The Bertz CT molecular complexity index is 676. The van der Waals surface area contributed by atoms with Gasteiger partial charge < -0.3 is 10.6 Å². The molecule has 0 heterocycles. The summed E-state index contributed by atoms with van der Waals surface area (Å²) in [6.45, 7) is 4.33. The number of nitrogens with two attached hydrogens (primary N) is 1. The quantitative estimate of drug-likeness (QED) is 0.821. The number of amides is 1. The third-order valence-electron chi connectivity index (χ3n) is 3.78. The van der Waals surface area contributed by atoms with Crippen molar-refractivity contribution in [3.05, 3.63) is 69.7 Å². The molecular formula is C18H21Cl2N2O+. The summed E-state index contributed by atoms with van der Waals surface area (Å²) in [6.07, 6.45) is 0. The first-order chi connectivity index (χ1) is 11.0. The molecule has 0 fully saturated rings. The predicted molar refractivity (Wildman–Crippen MR) is 94.7 cm³/mol. The molecule has 5 heteroatoms. The number of benzene rings is 2. The zero-order valence-electron chi connectivity index (χ0n) is 13.2. The minimum atomic E-state index is -0.0785. The van der Waals surface area contributed by atoms with Crippen molar-refractivity contribution in [2.75, 3.05) is 6.54 Å². The van der Waals surface area contributed by atoms with Crippen LogP contribution in [0.25, 0.3) is 0 Å². The first-order valence-corrected chi connectivity index (χ1v) is 8.35. The van der Waals surface area contributed by atoms with Crippen LogP contribution >= 0.6 is 23.2 Å². The summed E-state index contributed by atoms with van der Waals surface area (Å²) < 4.78 is 0. The van der Waals surface area contributed by atoms with Gasteiger partial charge in [-0.3, -0.25) is 4.79 Å².